The van der Waals surface area contributed by atoms with E-state index in [1.54, 1.807) is 31.2 Å². The Morgan fingerprint density at radius 3 is 3.00 bits per heavy atom. The van der Waals surface area contributed by atoms with Crippen LogP contribution >= 0.6 is 0 Å². The van der Waals surface area contributed by atoms with Crippen molar-refractivity contribution in [1.29, 1.82) is 0 Å². The topological polar surface area (TPSA) is 85.5 Å². The van der Waals surface area contributed by atoms with Gasteiger partial charge in [0.05, 0.1) is 6.42 Å². The van der Waals surface area contributed by atoms with Gasteiger partial charge in [-0.15, -0.1) is 0 Å². The van der Waals surface area contributed by atoms with Gasteiger partial charge in [-0.3, -0.25) is 4.79 Å². The first-order valence-electron chi connectivity index (χ1n) is 5.36. The van der Waals surface area contributed by atoms with Gasteiger partial charge in [0.2, 0.25) is 0 Å². The van der Waals surface area contributed by atoms with Crippen molar-refractivity contribution < 1.29 is 19.2 Å². The van der Waals surface area contributed by atoms with Crippen LogP contribution in [0, 0.1) is 6.92 Å². The number of carboxylic acid groups (broad SMARTS) is 1. The van der Waals surface area contributed by atoms with Gasteiger partial charge in [0.15, 0.2) is 12.4 Å². The van der Waals surface area contributed by atoms with Crippen molar-refractivity contribution in [2.45, 2.75) is 20.0 Å². The molecular formula is C12H12N2O4. The van der Waals surface area contributed by atoms with Crippen LogP contribution in [-0.4, -0.2) is 21.2 Å². The highest BCUT2D eigenvalue weighted by atomic mass is 16.5. The Balaban J connectivity index is 1.98. The fraction of sp³-hybridized carbons (Fsp3) is 0.250. The summed E-state index contributed by atoms with van der Waals surface area (Å²) >= 11 is 0. The number of carboxylic acids is 1. The number of benzene rings is 1. The fourth-order valence-corrected chi connectivity index (χ4v) is 1.46. The molecule has 0 amide bonds. The van der Waals surface area contributed by atoms with Crippen LogP contribution in [0.15, 0.2) is 28.8 Å². The summed E-state index contributed by atoms with van der Waals surface area (Å²) in [5.74, 6) is 0.633. The molecule has 0 bridgehead atoms. The summed E-state index contributed by atoms with van der Waals surface area (Å²) in [6.07, 6.45) is -0.0309. The quantitative estimate of drug-likeness (QED) is 0.864. The highest BCUT2D eigenvalue weighted by Crippen LogP contribution is 2.15. The van der Waals surface area contributed by atoms with E-state index in [2.05, 4.69) is 10.1 Å². The molecule has 0 fully saturated rings. The predicted molar refractivity (Wildman–Crippen MR) is 61.1 cm³/mol. The molecule has 2 aromatic rings. The summed E-state index contributed by atoms with van der Waals surface area (Å²) in [6, 6.07) is 6.90. The molecule has 1 aromatic heterocycles. The number of aryl methyl sites for hydroxylation is 1. The van der Waals surface area contributed by atoms with Crippen molar-refractivity contribution in [3.05, 3.63) is 41.5 Å². The summed E-state index contributed by atoms with van der Waals surface area (Å²) < 4.78 is 10.3. The number of carbonyl (C=O) groups is 1. The third-order valence-electron chi connectivity index (χ3n) is 2.19. The van der Waals surface area contributed by atoms with Crippen molar-refractivity contribution in [3.8, 4) is 5.75 Å². The van der Waals surface area contributed by atoms with Crippen LogP contribution in [0.2, 0.25) is 0 Å². The van der Waals surface area contributed by atoms with Crippen LogP contribution in [0.3, 0.4) is 0 Å². The van der Waals surface area contributed by atoms with Gasteiger partial charge in [-0.2, -0.15) is 4.98 Å². The number of aromatic nitrogens is 2. The summed E-state index contributed by atoms with van der Waals surface area (Å²) in [6.45, 7) is 1.89. The number of nitrogens with zero attached hydrogens (tertiary/aromatic N) is 2. The maximum atomic E-state index is 10.6. The smallest absolute Gasteiger partial charge is 0.307 e. The molecule has 6 nitrogen and oxygen atoms in total. The Hall–Kier alpha value is -2.37. The summed E-state index contributed by atoms with van der Waals surface area (Å²) in [5, 5.41) is 12.3. The molecule has 0 saturated carbocycles. The lowest BCUT2D eigenvalue weighted by Gasteiger charge is -2.04. The molecule has 2 rings (SSSR count). The first-order chi connectivity index (χ1) is 8.63. The SMILES string of the molecule is Cc1noc(COc2cccc(CC(=O)O)c2)n1. The average molecular weight is 248 g/mol. The Labute approximate surface area is 103 Å². The zero-order chi connectivity index (χ0) is 13.0. The minimum atomic E-state index is -0.875. The molecule has 0 unspecified atom stereocenters. The van der Waals surface area contributed by atoms with Gasteiger partial charge < -0.3 is 14.4 Å². The molecule has 0 atom stereocenters. The van der Waals surface area contributed by atoms with Crippen molar-refractivity contribution in [3.63, 3.8) is 0 Å². The lowest BCUT2D eigenvalue weighted by Crippen LogP contribution is -2.01. The van der Waals surface area contributed by atoms with Gasteiger partial charge in [0.1, 0.15) is 5.75 Å². The number of rotatable bonds is 5. The van der Waals surface area contributed by atoms with Crippen molar-refractivity contribution in [2.75, 3.05) is 0 Å². The van der Waals surface area contributed by atoms with E-state index in [-0.39, 0.29) is 13.0 Å². The molecule has 0 radical (unpaired) electrons. The molecule has 1 N–H and O–H groups in total. The molecule has 1 heterocycles. The largest absolute Gasteiger partial charge is 0.484 e. The van der Waals surface area contributed by atoms with E-state index in [9.17, 15) is 4.79 Å². The van der Waals surface area contributed by atoms with Crippen LogP contribution < -0.4 is 4.74 Å². The number of hydrogen-bond donors (Lipinski definition) is 1. The van der Waals surface area contributed by atoms with E-state index in [1.165, 1.54) is 0 Å². The minimum Gasteiger partial charge on any atom is -0.484 e. The molecule has 0 spiro atoms. The van der Waals surface area contributed by atoms with Crippen LogP contribution in [0.4, 0.5) is 0 Å². The third-order valence-corrected chi connectivity index (χ3v) is 2.19. The van der Waals surface area contributed by atoms with Crippen molar-refractivity contribution in [1.82, 2.24) is 10.1 Å². The number of hydrogen-bond acceptors (Lipinski definition) is 5. The minimum absolute atomic E-state index is 0.0309. The fourth-order valence-electron chi connectivity index (χ4n) is 1.46. The molecule has 0 aliphatic heterocycles. The van der Waals surface area contributed by atoms with E-state index >= 15 is 0 Å². The van der Waals surface area contributed by atoms with Gasteiger partial charge in [0.25, 0.3) is 5.89 Å². The van der Waals surface area contributed by atoms with Gasteiger partial charge in [0, 0.05) is 0 Å². The van der Waals surface area contributed by atoms with E-state index in [0.717, 1.165) is 0 Å². The van der Waals surface area contributed by atoms with Crippen LogP contribution in [0.25, 0.3) is 0 Å². The number of aliphatic carboxylic acids is 1. The van der Waals surface area contributed by atoms with E-state index < -0.39 is 5.97 Å². The Kier molecular flexibility index (Phi) is 3.57. The Morgan fingerprint density at radius 1 is 1.50 bits per heavy atom. The first kappa shape index (κ1) is 12.1. The molecule has 0 aliphatic carbocycles. The Morgan fingerprint density at radius 2 is 2.33 bits per heavy atom. The van der Waals surface area contributed by atoms with E-state index in [0.29, 0.717) is 23.0 Å². The highest BCUT2D eigenvalue weighted by molar-refractivity contribution is 5.70. The average Bonchev–Trinajstić information content (AvgIpc) is 2.72. The van der Waals surface area contributed by atoms with Gasteiger partial charge in [-0.05, 0) is 24.6 Å². The standard InChI is InChI=1S/C12H12N2O4/c1-8-13-11(18-14-8)7-17-10-4-2-3-9(5-10)6-12(15)16/h2-5H,6-7H2,1H3,(H,15,16). The lowest BCUT2D eigenvalue weighted by molar-refractivity contribution is -0.136. The molecule has 18 heavy (non-hydrogen) atoms. The molecule has 94 valence electrons. The van der Waals surface area contributed by atoms with Gasteiger partial charge in [-0.25, -0.2) is 0 Å². The molecule has 6 heteroatoms. The van der Waals surface area contributed by atoms with Gasteiger partial charge >= 0.3 is 5.97 Å². The summed E-state index contributed by atoms with van der Waals surface area (Å²) in [4.78, 5) is 14.6. The molecule has 0 saturated heterocycles. The predicted octanol–water partition coefficient (Wildman–Crippen LogP) is 1.58. The second kappa shape index (κ2) is 5.31. The maximum Gasteiger partial charge on any atom is 0.307 e. The monoisotopic (exact) mass is 248 g/mol. The zero-order valence-corrected chi connectivity index (χ0v) is 9.79. The lowest BCUT2D eigenvalue weighted by atomic mass is 10.1. The summed E-state index contributed by atoms with van der Waals surface area (Å²) in [5.41, 5.74) is 0.682. The normalized spacial score (nSPS) is 10.3. The van der Waals surface area contributed by atoms with Crippen LogP contribution in [0.1, 0.15) is 17.3 Å². The molecule has 1 aromatic carbocycles. The maximum absolute atomic E-state index is 10.6. The summed E-state index contributed by atoms with van der Waals surface area (Å²) in [7, 11) is 0. The second-order valence-electron chi connectivity index (χ2n) is 3.74. The van der Waals surface area contributed by atoms with Gasteiger partial charge in [-0.1, -0.05) is 17.3 Å². The van der Waals surface area contributed by atoms with Crippen LogP contribution in [0.5, 0.6) is 5.75 Å². The van der Waals surface area contributed by atoms with Crippen molar-refractivity contribution in [2.24, 2.45) is 0 Å². The zero-order valence-electron chi connectivity index (χ0n) is 9.79. The Bertz CT molecular complexity index is 551. The van der Waals surface area contributed by atoms with E-state index in [4.69, 9.17) is 14.4 Å². The van der Waals surface area contributed by atoms with Crippen LogP contribution in [-0.2, 0) is 17.8 Å². The number of ether oxygens (including phenoxy) is 1. The van der Waals surface area contributed by atoms with Crippen molar-refractivity contribution >= 4 is 5.97 Å². The molecular weight excluding hydrogens is 236 g/mol. The van der Waals surface area contributed by atoms with E-state index in [1.807, 2.05) is 0 Å². The highest BCUT2D eigenvalue weighted by Gasteiger charge is 2.05. The molecule has 0 aliphatic rings. The third kappa shape index (κ3) is 3.31. The second-order valence-corrected chi connectivity index (χ2v) is 3.74. The first-order valence-corrected chi connectivity index (χ1v) is 5.36.